The molecule has 0 aliphatic heterocycles. The first-order valence-electron chi connectivity index (χ1n) is 16.3. The van der Waals surface area contributed by atoms with Gasteiger partial charge < -0.3 is 15.0 Å². The largest absolute Gasteiger partial charge is 0.497 e. The van der Waals surface area contributed by atoms with Crippen LogP contribution in [0.2, 0.25) is 5.02 Å². The van der Waals surface area contributed by atoms with Crippen molar-refractivity contribution in [3.63, 3.8) is 0 Å². The Morgan fingerprint density at radius 1 is 0.875 bits per heavy atom. The fourth-order valence-electron chi connectivity index (χ4n) is 6.08. The summed E-state index contributed by atoms with van der Waals surface area (Å²) in [6.07, 6.45) is 5.27. The maximum Gasteiger partial charge on any atom is 0.264 e. The molecule has 4 aromatic rings. The lowest BCUT2D eigenvalue weighted by Crippen LogP contribution is -2.55. The molecule has 0 bridgehead atoms. The molecule has 5 rings (SSSR count). The quantitative estimate of drug-likeness (QED) is 0.164. The molecule has 252 valence electrons. The molecule has 1 fully saturated rings. The van der Waals surface area contributed by atoms with Gasteiger partial charge in [0.2, 0.25) is 11.8 Å². The lowest BCUT2D eigenvalue weighted by Gasteiger charge is -2.35. The van der Waals surface area contributed by atoms with E-state index in [0.717, 1.165) is 53.1 Å². The predicted octanol–water partition coefficient (Wildman–Crippen LogP) is 6.94. The van der Waals surface area contributed by atoms with Gasteiger partial charge in [0.1, 0.15) is 18.3 Å². The van der Waals surface area contributed by atoms with Gasteiger partial charge in [0.05, 0.1) is 17.7 Å². The molecule has 10 heteroatoms. The van der Waals surface area contributed by atoms with E-state index in [2.05, 4.69) is 5.32 Å². The van der Waals surface area contributed by atoms with Crippen LogP contribution in [-0.4, -0.2) is 50.9 Å². The van der Waals surface area contributed by atoms with Crippen LogP contribution < -0.4 is 14.4 Å². The number of amides is 2. The number of carbonyl (C=O) groups excluding carboxylic acids is 2. The van der Waals surface area contributed by atoms with E-state index in [1.807, 2.05) is 61.5 Å². The second-order valence-electron chi connectivity index (χ2n) is 12.2. The molecule has 1 aliphatic rings. The molecule has 0 unspecified atom stereocenters. The normalized spacial score (nSPS) is 14.1. The zero-order chi connectivity index (χ0) is 34.1. The highest BCUT2D eigenvalue weighted by Gasteiger charge is 2.35. The lowest BCUT2D eigenvalue weighted by atomic mass is 9.94. The van der Waals surface area contributed by atoms with Crippen LogP contribution in [-0.2, 0) is 32.6 Å². The fraction of sp³-hybridized carbons (Fsp3) is 0.316. The van der Waals surface area contributed by atoms with Crippen molar-refractivity contribution < 1.29 is 22.7 Å². The van der Waals surface area contributed by atoms with Gasteiger partial charge in [-0.3, -0.25) is 13.9 Å². The number of methoxy groups -OCH3 is 1. The minimum atomic E-state index is -4.24. The molecule has 8 nitrogen and oxygen atoms in total. The Labute approximate surface area is 288 Å². The Hall–Kier alpha value is -4.34. The number of carbonyl (C=O) groups is 2. The average molecular weight is 688 g/mol. The van der Waals surface area contributed by atoms with Crippen molar-refractivity contribution in [1.82, 2.24) is 10.2 Å². The van der Waals surface area contributed by atoms with Crippen LogP contribution in [0.25, 0.3) is 0 Å². The van der Waals surface area contributed by atoms with E-state index in [1.165, 1.54) is 19.2 Å². The zero-order valence-electron chi connectivity index (χ0n) is 27.3. The van der Waals surface area contributed by atoms with Crippen LogP contribution in [0.4, 0.5) is 5.69 Å². The number of sulfonamides is 1. The first kappa shape index (κ1) is 35.0. The first-order chi connectivity index (χ1) is 23.2. The minimum Gasteiger partial charge on any atom is -0.497 e. The van der Waals surface area contributed by atoms with Crippen molar-refractivity contribution >= 4 is 39.1 Å². The Kier molecular flexibility index (Phi) is 11.8. The summed E-state index contributed by atoms with van der Waals surface area (Å²) < 4.78 is 34.8. The average Bonchev–Trinajstić information content (AvgIpc) is 3.10. The predicted molar refractivity (Wildman–Crippen MR) is 190 cm³/mol. The monoisotopic (exact) mass is 687 g/mol. The number of ether oxygens (including phenoxy) is 1. The number of benzene rings is 4. The smallest absolute Gasteiger partial charge is 0.264 e. The third-order valence-corrected chi connectivity index (χ3v) is 10.9. The molecule has 0 aromatic heterocycles. The second kappa shape index (κ2) is 16.2. The van der Waals surface area contributed by atoms with Crippen LogP contribution in [0.15, 0.2) is 108 Å². The fourth-order valence-corrected chi connectivity index (χ4v) is 7.62. The van der Waals surface area contributed by atoms with Crippen LogP contribution in [0.1, 0.15) is 48.8 Å². The van der Waals surface area contributed by atoms with Crippen molar-refractivity contribution in [2.75, 3.05) is 18.0 Å². The third kappa shape index (κ3) is 8.76. The lowest BCUT2D eigenvalue weighted by molar-refractivity contribution is -0.140. The van der Waals surface area contributed by atoms with Gasteiger partial charge in [-0.1, -0.05) is 85.5 Å². The highest BCUT2D eigenvalue weighted by Crippen LogP contribution is 2.28. The summed E-state index contributed by atoms with van der Waals surface area (Å²) in [4.78, 5) is 30.5. The number of hydrogen-bond donors (Lipinski definition) is 1. The van der Waals surface area contributed by atoms with E-state index in [1.54, 1.807) is 41.3 Å². The van der Waals surface area contributed by atoms with Gasteiger partial charge in [0.15, 0.2) is 0 Å². The van der Waals surface area contributed by atoms with Gasteiger partial charge in [-0.15, -0.1) is 0 Å². The van der Waals surface area contributed by atoms with Crippen LogP contribution in [0, 0.1) is 6.92 Å². The highest BCUT2D eigenvalue weighted by atomic mass is 35.5. The third-order valence-electron chi connectivity index (χ3n) is 8.87. The zero-order valence-corrected chi connectivity index (χ0v) is 28.9. The molecular weight excluding hydrogens is 646 g/mol. The molecule has 2 amide bonds. The van der Waals surface area contributed by atoms with Gasteiger partial charge in [-0.2, -0.15) is 0 Å². The molecule has 4 aromatic carbocycles. The molecule has 0 heterocycles. The van der Waals surface area contributed by atoms with Gasteiger partial charge in [0, 0.05) is 24.0 Å². The molecule has 48 heavy (non-hydrogen) atoms. The molecule has 1 aliphatic carbocycles. The topological polar surface area (TPSA) is 96.0 Å². The maximum absolute atomic E-state index is 14.7. The summed E-state index contributed by atoms with van der Waals surface area (Å²) in [6.45, 7) is 1.54. The number of hydrogen-bond acceptors (Lipinski definition) is 5. The molecular formula is C38H42ClN3O5S. The minimum absolute atomic E-state index is 0.00705. The SMILES string of the molecule is COc1ccc(S(=O)(=O)N(CC(=O)N(Cc2ccccc2C)[C@H](Cc2ccccc2)C(=O)NC2CCCCC2)c2ccc(Cl)cc2)cc1. The van der Waals surface area contributed by atoms with Crippen molar-refractivity contribution in [2.45, 2.75) is 69.0 Å². The summed E-state index contributed by atoms with van der Waals surface area (Å²) in [6, 6.07) is 28.8. The summed E-state index contributed by atoms with van der Waals surface area (Å²) in [5.41, 5.74) is 2.99. The summed E-state index contributed by atoms with van der Waals surface area (Å²) in [5, 5.41) is 3.67. The molecule has 1 N–H and O–H groups in total. The number of aryl methyl sites for hydroxylation is 1. The molecule has 1 atom stereocenters. The van der Waals surface area contributed by atoms with E-state index in [9.17, 15) is 18.0 Å². The number of nitrogens with zero attached hydrogens (tertiary/aromatic N) is 2. The summed E-state index contributed by atoms with van der Waals surface area (Å²) in [7, 11) is -2.74. The van der Waals surface area contributed by atoms with E-state index >= 15 is 0 Å². The van der Waals surface area contributed by atoms with E-state index in [4.69, 9.17) is 16.3 Å². The Bertz CT molecular complexity index is 1780. The van der Waals surface area contributed by atoms with Gasteiger partial charge >= 0.3 is 0 Å². The van der Waals surface area contributed by atoms with Crippen molar-refractivity contribution in [1.29, 1.82) is 0 Å². The van der Waals surface area contributed by atoms with Gasteiger partial charge in [-0.25, -0.2) is 8.42 Å². The highest BCUT2D eigenvalue weighted by molar-refractivity contribution is 7.92. The Morgan fingerprint density at radius 2 is 1.52 bits per heavy atom. The van der Waals surface area contributed by atoms with Gasteiger partial charge in [0.25, 0.3) is 10.0 Å². The Morgan fingerprint density at radius 3 is 2.17 bits per heavy atom. The maximum atomic E-state index is 14.7. The summed E-state index contributed by atoms with van der Waals surface area (Å²) in [5.74, 6) is -0.256. The van der Waals surface area contributed by atoms with E-state index < -0.39 is 28.5 Å². The molecule has 0 saturated heterocycles. The standard InChI is InChI=1S/C38H42ClN3O5S/c1-28-11-9-10-14-30(28)26-41(36(25-29-12-5-3-6-13-29)38(44)40-32-15-7-4-8-16-32)37(43)27-42(33-19-17-31(39)18-20-33)48(45,46)35-23-21-34(47-2)22-24-35/h3,5-6,9-14,17-24,32,36H,4,7-8,15-16,25-27H2,1-2H3,(H,40,44)/t36-/m1/s1. The molecule has 0 spiro atoms. The Balaban J connectivity index is 1.56. The van der Waals surface area contributed by atoms with Crippen LogP contribution in [0.5, 0.6) is 5.75 Å². The number of nitrogens with one attached hydrogen (secondary N) is 1. The molecule has 1 saturated carbocycles. The van der Waals surface area contributed by atoms with E-state index in [0.29, 0.717) is 10.8 Å². The van der Waals surface area contributed by atoms with Crippen LogP contribution in [0.3, 0.4) is 0 Å². The second-order valence-corrected chi connectivity index (χ2v) is 14.5. The number of halogens is 1. The van der Waals surface area contributed by atoms with Crippen molar-refractivity contribution in [3.8, 4) is 5.75 Å². The molecule has 0 radical (unpaired) electrons. The van der Waals surface area contributed by atoms with Crippen molar-refractivity contribution in [3.05, 3.63) is 125 Å². The summed E-state index contributed by atoms with van der Waals surface area (Å²) >= 11 is 6.17. The number of anilines is 1. The number of rotatable bonds is 13. The van der Waals surface area contributed by atoms with E-state index in [-0.39, 0.29) is 35.5 Å². The van der Waals surface area contributed by atoms with Crippen LogP contribution >= 0.6 is 11.6 Å². The van der Waals surface area contributed by atoms with Crippen molar-refractivity contribution in [2.24, 2.45) is 0 Å². The van der Waals surface area contributed by atoms with Gasteiger partial charge in [-0.05, 0) is 85.0 Å². The first-order valence-corrected chi connectivity index (χ1v) is 18.1.